The zero-order valence-corrected chi connectivity index (χ0v) is 10.0. The van der Waals surface area contributed by atoms with Crippen molar-refractivity contribution < 1.29 is 14.7 Å². The first kappa shape index (κ1) is 13.5. The number of halogens is 1. The highest BCUT2D eigenvalue weighted by Gasteiger charge is 2.21. The number of carboxylic acids is 1. The lowest BCUT2D eigenvalue weighted by Crippen LogP contribution is -2.47. The lowest BCUT2D eigenvalue weighted by atomic mass is 10.1. The second kappa shape index (κ2) is 6.22. The van der Waals surface area contributed by atoms with Crippen LogP contribution >= 0.6 is 11.8 Å². The van der Waals surface area contributed by atoms with Crippen molar-refractivity contribution in [2.45, 2.75) is 19.4 Å². The van der Waals surface area contributed by atoms with Gasteiger partial charge in [-0.05, 0) is 5.56 Å². The maximum atomic E-state index is 11.0. The van der Waals surface area contributed by atoms with Gasteiger partial charge in [0, 0.05) is 25.1 Å². The molecule has 1 amide bonds. The van der Waals surface area contributed by atoms with E-state index in [0.29, 0.717) is 4.53 Å². The van der Waals surface area contributed by atoms with E-state index >= 15 is 0 Å². The molecule has 1 rings (SSSR count). The standard InChI is InChI=1S/C11H13ClN2O3/c1-8(15)14(12)13-10(11(16)17)7-9-5-3-2-4-6-9/h2-6,10,13H,7H2,1H3,(H,16,17)/t10-/m0/s1. The largest absolute Gasteiger partial charge is 0.480 e. The number of rotatable bonds is 5. The molecule has 1 atom stereocenters. The van der Waals surface area contributed by atoms with Gasteiger partial charge in [0.1, 0.15) is 6.04 Å². The number of carboxylic acid groups (broad SMARTS) is 1. The third kappa shape index (κ3) is 4.42. The van der Waals surface area contributed by atoms with Gasteiger partial charge in [0.2, 0.25) is 5.91 Å². The molecule has 0 unspecified atom stereocenters. The number of hydrogen-bond acceptors (Lipinski definition) is 3. The van der Waals surface area contributed by atoms with Crippen molar-refractivity contribution in [2.75, 3.05) is 0 Å². The van der Waals surface area contributed by atoms with Gasteiger partial charge in [-0.15, -0.1) is 0 Å². The minimum atomic E-state index is -1.07. The van der Waals surface area contributed by atoms with Crippen molar-refractivity contribution in [3.8, 4) is 0 Å². The predicted octanol–water partition coefficient (Wildman–Crippen LogP) is 1.19. The van der Waals surface area contributed by atoms with E-state index in [9.17, 15) is 9.59 Å². The highest BCUT2D eigenvalue weighted by Crippen LogP contribution is 2.05. The second-order valence-electron chi connectivity index (χ2n) is 3.51. The Morgan fingerprint density at radius 3 is 2.47 bits per heavy atom. The summed E-state index contributed by atoms with van der Waals surface area (Å²) in [5.41, 5.74) is 3.26. The molecule has 0 bridgehead atoms. The molecule has 2 N–H and O–H groups in total. The van der Waals surface area contributed by atoms with Crippen molar-refractivity contribution in [1.29, 1.82) is 0 Å². The molecule has 6 heteroatoms. The maximum Gasteiger partial charge on any atom is 0.322 e. The van der Waals surface area contributed by atoms with E-state index in [0.717, 1.165) is 5.56 Å². The first-order chi connectivity index (χ1) is 8.00. The summed E-state index contributed by atoms with van der Waals surface area (Å²) in [5.74, 6) is -1.54. The minimum absolute atomic E-state index is 0.243. The molecule has 5 nitrogen and oxygen atoms in total. The molecule has 0 spiro atoms. The summed E-state index contributed by atoms with van der Waals surface area (Å²) in [6.07, 6.45) is 0.243. The number of carbonyl (C=O) groups excluding carboxylic acids is 1. The number of hydrogen-bond donors (Lipinski definition) is 2. The van der Waals surface area contributed by atoms with Crippen LogP contribution in [0.5, 0.6) is 0 Å². The number of carbonyl (C=O) groups is 2. The van der Waals surface area contributed by atoms with Gasteiger partial charge in [0.05, 0.1) is 0 Å². The molecule has 1 aromatic carbocycles. The van der Waals surface area contributed by atoms with Crippen LogP contribution in [0.15, 0.2) is 30.3 Å². The summed E-state index contributed by atoms with van der Waals surface area (Å²) in [4.78, 5) is 21.9. The fourth-order valence-corrected chi connectivity index (χ4v) is 1.38. The molecule has 0 saturated heterocycles. The van der Waals surface area contributed by atoms with Gasteiger partial charge < -0.3 is 5.11 Å². The summed E-state index contributed by atoms with van der Waals surface area (Å²) in [6, 6.07) is 8.15. The fraction of sp³-hybridized carbons (Fsp3) is 0.273. The van der Waals surface area contributed by atoms with Crippen molar-refractivity contribution in [3.05, 3.63) is 35.9 Å². The average molecular weight is 257 g/mol. The fourth-order valence-electron chi connectivity index (χ4n) is 1.27. The Morgan fingerprint density at radius 2 is 2.00 bits per heavy atom. The Hall–Kier alpha value is -1.59. The Kier molecular flexibility index (Phi) is 4.93. The summed E-state index contributed by atoms with van der Waals surface area (Å²) in [6.45, 7) is 1.24. The van der Waals surface area contributed by atoms with Gasteiger partial charge in [0.15, 0.2) is 0 Å². The van der Waals surface area contributed by atoms with Crippen LogP contribution in [0.4, 0.5) is 0 Å². The minimum Gasteiger partial charge on any atom is -0.480 e. The van der Waals surface area contributed by atoms with Gasteiger partial charge in [-0.2, -0.15) is 4.53 Å². The van der Waals surface area contributed by atoms with Gasteiger partial charge in [-0.3, -0.25) is 9.59 Å². The second-order valence-corrected chi connectivity index (χ2v) is 3.85. The molecule has 92 valence electrons. The van der Waals surface area contributed by atoms with Crippen LogP contribution in [0.1, 0.15) is 12.5 Å². The van der Waals surface area contributed by atoms with Crippen LogP contribution in [-0.4, -0.2) is 27.6 Å². The zero-order chi connectivity index (χ0) is 12.8. The van der Waals surface area contributed by atoms with E-state index in [4.69, 9.17) is 16.9 Å². The van der Waals surface area contributed by atoms with Crippen molar-refractivity contribution in [3.63, 3.8) is 0 Å². The predicted molar refractivity (Wildman–Crippen MR) is 63.1 cm³/mol. The Morgan fingerprint density at radius 1 is 1.41 bits per heavy atom. The third-order valence-corrected chi connectivity index (χ3v) is 2.46. The normalized spacial score (nSPS) is 11.9. The van der Waals surface area contributed by atoms with E-state index in [2.05, 4.69) is 5.43 Å². The van der Waals surface area contributed by atoms with Crippen LogP contribution in [0.25, 0.3) is 0 Å². The van der Waals surface area contributed by atoms with Gasteiger partial charge in [-0.25, -0.2) is 5.43 Å². The monoisotopic (exact) mass is 256 g/mol. The van der Waals surface area contributed by atoms with E-state index < -0.39 is 17.9 Å². The molecule has 0 aliphatic carbocycles. The number of amides is 1. The van der Waals surface area contributed by atoms with E-state index in [1.807, 2.05) is 30.3 Å². The molecule has 0 fully saturated rings. The maximum absolute atomic E-state index is 11.0. The molecule has 0 heterocycles. The topological polar surface area (TPSA) is 69.6 Å². The molecule has 1 aromatic rings. The molecule has 0 radical (unpaired) electrons. The molecule has 0 saturated carbocycles. The summed E-state index contributed by atoms with van der Waals surface area (Å²) in [7, 11) is 0. The number of benzene rings is 1. The van der Waals surface area contributed by atoms with Gasteiger partial charge in [0.25, 0.3) is 0 Å². The van der Waals surface area contributed by atoms with Crippen LogP contribution < -0.4 is 5.43 Å². The Labute approximate surface area is 104 Å². The van der Waals surface area contributed by atoms with Crippen molar-refractivity contribution >= 4 is 23.7 Å². The van der Waals surface area contributed by atoms with Gasteiger partial charge in [-0.1, -0.05) is 30.3 Å². The number of nitrogens with zero attached hydrogens (tertiary/aromatic N) is 1. The first-order valence-electron chi connectivity index (χ1n) is 5.00. The summed E-state index contributed by atoms with van der Waals surface area (Å²) >= 11 is 5.53. The molecule has 0 aliphatic rings. The first-order valence-corrected chi connectivity index (χ1v) is 5.34. The summed E-state index contributed by atoms with van der Waals surface area (Å²) < 4.78 is 0.654. The third-order valence-electron chi connectivity index (χ3n) is 2.13. The van der Waals surface area contributed by atoms with Crippen LogP contribution in [0.2, 0.25) is 0 Å². The van der Waals surface area contributed by atoms with Crippen LogP contribution in [0.3, 0.4) is 0 Å². The molecule has 0 aliphatic heterocycles. The van der Waals surface area contributed by atoms with E-state index in [1.165, 1.54) is 6.92 Å². The molecular formula is C11H13ClN2O3. The van der Waals surface area contributed by atoms with Crippen LogP contribution in [-0.2, 0) is 16.0 Å². The smallest absolute Gasteiger partial charge is 0.322 e. The lowest BCUT2D eigenvalue weighted by Gasteiger charge is -2.19. The number of hydrazine groups is 1. The Balaban J connectivity index is 2.67. The average Bonchev–Trinajstić information content (AvgIpc) is 2.29. The Bertz CT molecular complexity index is 397. The van der Waals surface area contributed by atoms with E-state index in [1.54, 1.807) is 0 Å². The quantitative estimate of drug-likeness (QED) is 0.613. The van der Waals surface area contributed by atoms with Crippen molar-refractivity contribution in [2.24, 2.45) is 0 Å². The molecule has 17 heavy (non-hydrogen) atoms. The number of nitrogens with one attached hydrogen (secondary N) is 1. The molecular weight excluding hydrogens is 244 g/mol. The van der Waals surface area contributed by atoms with Crippen LogP contribution in [0, 0.1) is 0 Å². The number of aliphatic carboxylic acids is 1. The summed E-state index contributed by atoms with van der Waals surface area (Å²) in [5, 5.41) is 9.01. The van der Waals surface area contributed by atoms with Crippen molar-refractivity contribution in [1.82, 2.24) is 9.95 Å². The van der Waals surface area contributed by atoms with Gasteiger partial charge >= 0.3 is 5.97 Å². The highest BCUT2D eigenvalue weighted by atomic mass is 35.5. The molecule has 0 aromatic heterocycles. The lowest BCUT2D eigenvalue weighted by molar-refractivity contribution is -0.141. The van der Waals surface area contributed by atoms with E-state index in [-0.39, 0.29) is 6.42 Å². The highest BCUT2D eigenvalue weighted by molar-refractivity contribution is 6.20. The SMILES string of the molecule is CC(=O)N(Cl)N[C@@H](Cc1ccccc1)C(=O)O. The zero-order valence-electron chi connectivity index (χ0n) is 9.26.